The second-order valence-corrected chi connectivity index (χ2v) is 4.99. The molecule has 0 aromatic heterocycles. The molecule has 3 N–H and O–H groups in total. The third-order valence-corrected chi connectivity index (χ3v) is 3.45. The SMILES string of the molecule is CNC(=O)c1ccc(NC(=O)NCCN2CCOCC2)cc1. The molecular weight excluding hydrogens is 284 g/mol. The number of carbonyl (C=O) groups excluding carboxylic acids is 2. The Morgan fingerprint density at radius 2 is 1.86 bits per heavy atom. The summed E-state index contributed by atoms with van der Waals surface area (Å²) >= 11 is 0. The molecule has 1 fully saturated rings. The quantitative estimate of drug-likeness (QED) is 0.740. The zero-order valence-electron chi connectivity index (χ0n) is 12.7. The van der Waals surface area contributed by atoms with E-state index in [0.29, 0.717) is 17.8 Å². The average Bonchev–Trinajstić information content (AvgIpc) is 2.56. The molecule has 0 bridgehead atoms. The van der Waals surface area contributed by atoms with Gasteiger partial charge in [-0.25, -0.2) is 4.79 Å². The number of benzene rings is 1. The number of ether oxygens (including phenoxy) is 1. The van der Waals surface area contributed by atoms with Crippen molar-refractivity contribution >= 4 is 17.6 Å². The Kier molecular flexibility index (Phi) is 6.17. The van der Waals surface area contributed by atoms with Crippen LogP contribution < -0.4 is 16.0 Å². The van der Waals surface area contributed by atoms with Gasteiger partial charge >= 0.3 is 6.03 Å². The fourth-order valence-electron chi connectivity index (χ4n) is 2.18. The van der Waals surface area contributed by atoms with E-state index in [1.807, 2.05) is 0 Å². The third-order valence-electron chi connectivity index (χ3n) is 3.45. The highest BCUT2D eigenvalue weighted by molar-refractivity contribution is 5.95. The van der Waals surface area contributed by atoms with E-state index in [2.05, 4.69) is 20.9 Å². The topological polar surface area (TPSA) is 82.7 Å². The van der Waals surface area contributed by atoms with Crippen molar-refractivity contribution in [2.24, 2.45) is 0 Å². The molecule has 7 heteroatoms. The fraction of sp³-hybridized carbons (Fsp3) is 0.467. The van der Waals surface area contributed by atoms with E-state index in [0.717, 1.165) is 32.8 Å². The molecule has 7 nitrogen and oxygen atoms in total. The maximum atomic E-state index is 11.8. The van der Waals surface area contributed by atoms with Crippen LogP contribution in [0.1, 0.15) is 10.4 Å². The Labute approximate surface area is 130 Å². The van der Waals surface area contributed by atoms with Crippen LogP contribution in [0, 0.1) is 0 Å². The van der Waals surface area contributed by atoms with E-state index in [1.165, 1.54) is 0 Å². The van der Waals surface area contributed by atoms with Crippen molar-refractivity contribution in [2.75, 3.05) is 51.8 Å². The van der Waals surface area contributed by atoms with E-state index < -0.39 is 0 Å². The van der Waals surface area contributed by atoms with Crippen molar-refractivity contribution in [3.63, 3.8) is 0 Å². The normalized spacial score (nSPS) is 15.1. The van der Waals surface area contributed by atoms with Crippen molar-refractivity contribution in [1.29, 1.82) is 0 Å². The lowest BCUT2D eigenvalue weighted by Gasteiger charge is -2.26. The van der Waals surface area contributed by atoms with Gasteiger partial charge in [-0.1, -0.05) is 0 Å². The molecule has 2 rings (SSSR count). The zero-order valence-corrected chi connectivity index (χ0v) is 12.7. The summed E-state index contributed by atoms with van der Waals surface area (Å²) in [5, 5.41) is 8.10. The zero-order chi connectivity index (χ0) is 15.8. The number of anilines is 1. The van der Waals surface area contributed by atoms with Crippen molar-refractivity contribution in [1.82, 2.24) is 15.5 Å². The van der Waals surface area contributed by atoms with Crippen molar-refractivity contribution in [3.8, 4) is 0 Å². The molecule has 0 saturated carbocycles. The second-order valence-electron chi connectivity index (χ2n) is 4.99. The highest BCUT2D eigenvalue weighted by atomic mass is 16.5. The molecule has 1 aliphatic rings. The van der Waals surface area contributed by atoms with Crippen LogP contribution in [0.2, 0.25) is 0 Å². The number of morpholine rings is 1. The minimum atomic E-state index is -0.249. The first-order valence-electron chi connectivity index (χ1n) is 7.36. The molecule has 120 valence electrons. The van der Waals surface area contributed by atoms with Crippen LogP contribution in [-0.4, -0.2) is 63.3 Å². The lowest BCUT2D eigenvalue weighted by atomic mass is 10.2. The summed E-state index contributed by atoms with van der Waals surface area (Å²) in [5.74, 6) is -0.151. The monoisotopic (exact) mass is 306 g/mol. The summed E-state index contributed by atoms with van der Waals surface area (Å²) in [6.07, 6.45) is 0. The lowest BCUT2D eigenvalue weighted by molar-refractivity contribution is 0.0388. The van der Waals surface area contributed by atoms with Crippen LogP contribution in [0.4, 0.5) is 10.5 Å². The van der Waals surface area contributed by atoms with Gasteiger partial charge in [-0.3, -0.25) is 9.69 Å². The van der Waals surface area contributed by atoms with E-state index >= 15 is 0 Å². The highest BCUT2D eigenvalue weighted by Crippen LogP contribution is 2.09. The summed E-state index contributed by atoms with van der Waals surface area (Å²) in [6.45, 7) is 4.72. The molecule has 1 aliphatic heterocycles. The van der Waals surface area contributed by atoms with Gasteiger partial charge in [0.25, 0.3) is 5.91 Å². The standard InChI is InChI=1S/C15H22N4O3/c1-16-14(20)12-2-4-13(5-3-12)18-15(21)17-6-7-19-8-10-22-11-9-19/h2-5H,6-11H2,1H3,(H,16,20)(H2,17,18,21). The van der Waals surface area contributed by atoms with Crippen molar-refractivity contribution < 1.29 is 14.3 Å². The summed E-state index contributed by atoms with van der Waals surface area (Å²) in [6, 6.07) is 6.49. The summed E-state index contributed by atoms with van der Waals surface area (Å²) < 4.78 is 5.27. The van der Waals surface area contributed by atoms with Gasteiger partial charge < -0.3 is 20.7 Å². The average molecular weight is 306 g/mol. The Hall–Kier alpha value is -2.12. The molecule has 22 heavy (non-hydrogen) atoms. The Bertz CT molecular complexity index is 498. The van der Waals surface area contributed by atoms with Crippen LogP contribution in [0.25, 0.3) is 0 Å². The molecule has 1 aromatic rings. The molecule has 0 radical (unpaired) electrons. The van der Waals surface area contributed by atoms with Crippen LogP contribution >= 0.6 is 0 Å². The molecule has 3 amide bonds. The molecule has 0 atom stereocenters. The second kappa shape index (κ2) is 8.35. The molecule has 0 aliphatic carbocycles. The van der Waals surface area contributed by atoms with Gasteiger partial charge in [0, 0.05) is 44.5 Å². The molecule has 1 heterocycles. The van der Waals surface area contributed by atoms with Gasteiger partial charge in [-0.05, 0) is 24.3 Å². The number of rotatable bonds is 5. The molecule has 0 spiro atoms. The van der Waals surface area contributed by atoms with Crippen LogP contribution in [0.5, 0.6) is 0 Å². The Balaban J connectivity index is 1.71. The van der Waals surface area contributed by atoms with Gasteiger partial charge in [0.05, 0.1) is 13.2 Å². The molecule has 0 unspecified atom stereocenters. The van der Waals surface area contributed by atoms with Crippen LogP contribution in [-0.2, 0) is 4.74 Å². The number of carbonyl (C=O) groups is 2. The molecule has 1 aromatic carbocycles. The van der Waals surface area contributed by atoms with E-state index in [1.54, 1.807) is 31.3 Å². The first-order valence-corrected chi connectivity index (χ1v) is 7.36. The number of hydrogen-bond donors (Lipinski definition) is 3. The van der Waals surface area contributed by atoms with Crippen molar-refractivity contribution in [2.45, 2.75) is 0 Å². The van der Waals surface area contributed by atoms with E-state index in [9.17, 15) is 9.59 Å². The predicted molar refractivity (Wildman–Crippen MR) is 84.1 cm³/mol. The third kappa shape index (κ3) is 5.01. The molecular formula is C15H22N4O3. The first-order chi connectivity index (χ1) is 10.7. The number of amides is 3. The van der Waals surface area contributed by atoms with E-state index in [-0.39, 0.29) is 11.9 Å². The lowest BCUT2D eigenvalue weighted by Crippen LogP contribution is -2.42. The fourth-order valence-corrected chi connectivity index (χ4v) is 2.18. The van der Waals surface area contributed by atoms with Gasteiger partial charge in [0.1, 0.15) is 0 Å². The van der Waals surface area contributed by atoms with Gasteiger partial charge in [0.2, 0.25) is 0 Å². The number of urea groups is 1. The van der Waals surface area contributed by atoms with Gasteiger partial charge in [-0.15, -0.1) is 0 Å². The predicted octanol–water partition coefficient (Wildman–Crippen LogP) is 0.500. The van der Waals surface area contributed by atoms with Crippen LogP contribution in [0.3, 0.4) is 0 Å². The van der Waals surface area contributed by atoms with Crippen molar-refractivity contribution in [3.05, 3.63) is 29.8 Å². The largest absolute Gasteiger partial charge is 0.379 e. The Morgan fingerprint density at radius 3 is 2.50 bits per heavy atom. The number of nitrogens with one attached hydrogen (secondary N) is 3. The van der Waals surface area contributed by atoms with Gasteiger partial charge in [-0.2, -0.15) is 0 Å². The minimum Gasteiger partial charge on any atom is -0.379 e. The minimum absolute atomic E-state index is 0.151. The summed E-state index contributed by atoms with van der Waals surface area (Å²) in [7, 11) is 1.58. The summed E-state index contributed by atoms with van der Waals surface area (Å²) in [5.41, 5.74) is 1.21. The molecule has 1 saturated heterocycles. The first kappa shape index (κ1) is 16.3. The highest BCUT2D eigenvalue weighted by Gasteiger charge is 2.10. The summed E-state index contributed by atoms with van der Waals surface area (Å²) in [4.78, 5) is 25.5. The maximum Gasteiger partial charge on any atom is 0.319 e. The van der Waals surface area contributed by atoms with E-state index in [4.69, 9.17) is 4.74 Å². The Morgan fingerprint density at radius 1 is 1.18 bits per heavy atom. The van der Waals surface area contributed by atoms with Gasteiger partial charge in [0.15, 0.2) is 0 Å². The number of nitrogens with zero attached hydrogens (tertiary/aromatic N) is 1. The van der Waals surface area contributed by atoms with Crippen LogP contribution in [0.15, 0.2) is 24.3 Å². The number of hydrogen-bond acceptors (Lipinski definition) is 4. The maximum absolute atomic E-state index is 11.8. The smallest absolute Gasteiger partial charge is 0.319 e.